The molecule has 2 nitrogen and oxygen atoms in total. The Hall–Kier alpha value is -4.47. The summed E-state index contributed by atoms with van der Waals surface area (Å²) in [5, 5.41) is 7.91. The van der Waals surface area contributed by atoms with Gasteiger partial charge in [-0.05, 0) is 64.6 Å². The van der Waals surface area contributed by atoms with Gasteiger partial charge >= 0.3 is 0 Å². The molecule has 204 valence electrons. The van der Waals surface area contributed by atoms with Crippen molar-refractivity contribution in [3.63, 3.8) is 0 Å². The molecule has 42 heavy (non-hydrogen) atoms. The van der Waals surface area contributed by atoms with Crippen molar-refractivity contribution >= 4 is 64.1 Å². The topological polar surface area (TPSA) is 8.81 Å². The van der Waals surface area contributed by atoms with Crippen molar-refractivity contribution in [1.82, 2.24) is 4.57 Å². The molecule has 0 aliphatic heterocycles. The van der Waals surface area contributed by atoms with Gasteiger partial charge in [-0.3, -0.25) is 0 Å². The zero-order valence-corrected chi connectivity index (χ0v) is 25.5. The molecule has 0 fully saturated rings. The van der Waals surface area contributed by atoms with Crippen molar-refractivity contribution in [1.29, 1.82) is 0 Å². The molecule has 8 aromatic rings. The zero-order chi connectivity index (χ0) is 28.7. The summed E-state index contributed by atoms with van der Waals surface area (Å²) in [6.07, 6.45) is 2.23. The van der Waals surface area contributed by atoms with Gasteiger partial charge < -0.3 is 4.57 Å². The second-order valence-electron chi connectivity index (χ2n) is 12.6. The lowest BCUT2D eigenvalue weighted by atomic mass is 9.80. The Morgan fingerprint density at radius 3 is 1.93 bits per heavy atom. The Labute approximate surface area is 250 Å². The minimum Gasteiger partial charge on any atom is -0.309 e. The first-order valence-electron chi connectivity index (χ1n) is 14.7. The quantitative estimate of drug-likeness (QED) is 0.186. The van der Waals surface area contributed by atoms with Crippen LogP contribution in [0.3, 0.4) is 0 Å². The van der Waals surface area contributed by atoms with Crippen LogP contribution in [0.2, 0.25) is 0 Å². The van der Waals surface area contributed by atoms with E-state index in [1.165, 1.54) is 80.8 Å². The van der Waals surface area contributed by atoms with E-state index in [1.54, 1.807) is 0 Å². The number of thiophene rings is 1. The summed E-state index contributed by atoms with van der Waals surface area (Å²) in [7, 11) is 2.19. The van der Waals surface area contributed by atoms with Crippen LogP contribution in [0.4, 0.5) is 0 Å². The molecule has 0 unspecified atom stereocenters. The van der Waals surface area contributed by atoms with Gasteiger partial charge in [0.15, 0.2) is 6.20 Å². The first kappa shape index (κ1) is 25.3. The normalized spacial score (nSPS) is 12.4. The molecule has 3 heterocycles. The molecule has 0 saturated heterocycles. The number of pyridine rings is 1. The van der Waals surface area contributed by atoms with Gasteiger partial charge in [-0.2, -0.15) is 4.57 Å². The standard InChI is InChI=1S/C39H33N2S/c1-24-26-12-6-7-13-27(26)33(39(2,3)4)23-32(24)37-38-31(20-21-40(37)5)30-19-18-25(22-36(30)42-38)41-34-16-10-8-14-28(34)29-15-9-11-17-35(29)41/h6-23H,1-5H3/q+1. The third-order valence-corrected chi connectivity index (χ3v) is 10.1. The molecular weight excluding hydrogens is 529 g/mol. The molecule has 0 radical (unpaired) electrons. The van der Waals surface area contributed by atoms with Crippen LogP contribution in [0.1, 0.15) is 31.9 Å². The van der Waals surface area contributed by atoms with E-state index in [0.717, 1.165) is 0 Å². The summed E-state index contributed by atoms with van der Waals surface area (Å²) in [4.78, 5) is 0. The predicted octanol–water partition coefficient (Wildman–Crippen LogP) is 10.4. The average molecular weight is 562 g/mol. The molecule has 0 saturated carbocycles. The van der Waals surface area contributed by atoms with Gasteiger partial charge in [-0.1, -0.05) is 87.5 Å². The van der Waals surface area contributed by atoms with Crippen LogP contribution in [-0.2, 0) is 12.5 Å². The second kappa shape index (κ2) is 9.01. The minimum absolute atomic E-state index is 0.0336. The summed E-state index contributed by atoms with van der Waals surface area (Å²) in [6, 6.07) is 38.1. The van der Waals surface area contributed by atoms with Crippen LogP contribution in [-0.4, -0.2) is 4.57 Å². The monoisotopic (exact) mass is 561 g/mol. The third kappa shape index (κ3) is 3.60. The average Bonchev–Trinajstić information content (AvgIpc) is 3.52. The van der Waals surface area contributed by atoms with Crippen molar-refractivity contribution < 1.29 is 4.57 Å². The molecule has 0 spiro atoms. The molecule has 0 atom stereocenters. The van der Waals surface area contributed by atoms with Crippen molar-refractivity contribution in [2.24, 2.45) is 7.05 Å². The van der Waals surface area contributed by atoms with Crippen LogP contribution in [0, 0.1) is 6.92 Å². The Bertz CT molecular complexity index is 2310. The fourth-order valence-electron chi connectivity index (χ4n) is 6.91. The van der Waals surface area contributed by atoms with Gasteiger partial charge in [0.05, 0.1) is 16.6 Å². The number of rotatable bonds is 2. The van der Waals surface area contributed by atoms with Crippen LogP contribution in [0.15, 0.2) is 109 Å². The van der Waals surface area contributed by atoms with Gasteiger partial charge in [0.25, 0.3) is 0 Å². The number of hydrogen-bond donors (Lipinski definition) is 0. The molecule has 3 heteroatoms. The molecule has 0 aliphatic carbocycles. The van der Waals surface area contributed by atoms with Crippen molar-refractivity contribution in [2.75, 3.05) is 0 Å². The maximum absolute atomic E-state index is 2.46. The Kier molecular flexibility index (Phi) is 5.42. The molecular formula is C39H33N2S+. The van der Waals surface area contributed by atoms with Crippen molar-refractivity contribution in [3.8, 4) is 16.9 Å². The van der Waals surface area contributed by atoms with Gasteiger partial charge in [0.2, 0.25) is 5.69 Å². The summed E-state index contributed by atoms with van der Waals surface area (Å²) in [5.41, 5.74) is 9.07. The number of para-hydroxylation sites is 2. The Balaban J connectivity index is 1.41. The zero-order valence-electron chi connectivity index (χ0n) is 24.7. The molecule has 5 aromatic carbocycles. The van der Waals surface area contributed by atoms with Gasteiger partial charge in [0, 0.05) is 38.0 Å². The number of benzene rings is 5. The van der Waals surface area contributed by atoms with Gasteiger partial charge in [-0.15, -0.1) is 11.3 Å². The predicted molar refractivity (Wildman–Crippen MR) is 181 cm³/mol. The van der Waals surface area contributed by atoms with E-state index in [-0.39, 0.29) is 5.41 Å². The van der Waals surface area contributed by atoms with Crippen molar-refractivity contribution in [3.05, 3.63) is 120 Å². The molecule has 0 bridgehead atoms. The first-order valence-corrected chi connectivity index (χ1v) is 15.5. The van der Waals surface area contributed by atoms with E-state index in [4.69, 9.17) is 0 Å². The molecule has 3 aromatic heterocycles. The maximum atomic E-state index is 2.46. The van der Waals surface area contributed by atoms with Crippen LogP contribution < -0.4 is 4.57 Å². The van der Waals surface area contributed by atoms with E-state index in [2.05, 4.69) is 153 Å². The highest BCUT2D eigenvalue weighted by Gasteiger charge is 2.26. The van der Waals surface area contributed by atoms with E-state index >= 15 is 0 Å². The van der Waals surface area contributed by atoms with E-state index < -0.39 is 0 Å². The highest BCUT2D eigenvalue weighted by molar-refractivity contribution is 7.26. The maximum Gasteiger partial charge on any atom is 0.230 e. The Morgan fingerprint density at radius 2 is 1.26 bits per heavy atom. The largest absolute Gasteiger partial charge is 0.309 e. The number of hydrogen-bond acceptors (Lipinski definition) is 1. The Morgan fingerprint density at radius 1 is 0.643 bits per heavy atom. The smallest absolute Gasteiger partial charge is 0.230 e. The molecule has 0 amide bonds. The summed E-state index contributed by atoms with van der Waals surface area (Å²) in [6.45, 7) is 9.26. The summed E-state index contributed by atoms with van der Waals surface area (Å²) >= 11 is 1.91. The van der Waals surface area contributed by atoms with Gasteiger partial charge in [-0.25, -0.2) is 0 Å². The second-order valence-corrected chi connectivity index (χ2v) is 13.6. The fourth-order valence-corrected chi connectivity index (χ4v) is 8.23. The fraction of sp³-hybridized carbons (Fsp3) is 0.154. The number of fused-ring (bicyclic) bond motifs is 7. The van der Waals surface area contributed by atoms with E-state index in [9.17, 15) is 0 Å². The van der Waals surface area contributed by atoms with Crippen LogP contribution in [0.25, 0.3) is 69.7 Å². The third-order valence-electron chi connectivity index (χ3n) is 8.96. The minimum atomic E-state index is 0.0336. The SMILES string of the molecule is Cc1c(-c2c3sc4cc(-n5c6ccccc6c6ccccc65)ccc4c3cc[n+]2C)cc(C(C)(C)C)c2ccccc12. The molecule has 0 aliphatic rings. The van der Waals surface area contributed by atoms with Gasteiger partial charge in [0.1, 0.15) is 11.7 Å². The molecule has 0 N–H and O–H groups in total. The number of aryl methyl sites for hydroxylation is 2. The number of nitrogens with zero attached hydrogens (tertiary/aromatic N) is 2. The highest BCUT2D eigenvalue weighted by atomic mass is 32.1. The lowest BCUT2D eigenvalue weighted by Gasteiger charge is -2.24. The highest BCUT2D eigenvalue weighted by Crippen LogP contribution is 2.43. The van der Waals surface area contributed by atoms with E-state index in [0.29, 0.717) is 0 Å². The summed E-state index contributed by atoms with van der Waals surface area (Å²) in [5.74, 6) is 0. The number of aromatic nitrogens is 2. The van der Waals surface area contributed by atoms with Crippen molar-refractivity contribution in [2.45, 2.75) is 33.1 Å². The first-order chi connectivity index (χ1) is 20.3. The van der Waals surface area contributed by atoms with Crippen LogP contribution in [0.5, 0.6) is 0 Å². The lowest BCUT2D eigenvalue weighted by molar-refractivity contribution is -0.659. The molecule has 8 rings (SSSR count). The lowest BCUT2D eigenvalue weighted by Crippen LogP contribution is -2.30. The van der Waals surface area contributed by atoms with Crippen LogP contribution >= 0.6 is 11.3 Å². The summed E-state index contributed by atoms with van der Waals surface area (Å²) < 4.78 is 7.38. The van der Waals surface area contributed by atoms with E-state index in [1.807, 2.05) is 11.3 Å².